The predicted molar refractivity (Wildman–Crippen MR) is 192 cm³/mol. The average molecular weight is 1070 g/mol. The van der Waals surface area contributed by atoms with E-state index in [0.29, 0.717) is 23.0 Å². The van der Waals surface area contributed by atoms with Crippen LogP contribution < -0.4 is 18.9 Å². The van der Waals surface area contributed by atoms with Crippen molar-refractivity contribution in [2.24, 2.45) is 5.41 Å². The summed E-state index contributed by atoms with van der Waals surface area (Å²) in [5.41, 5.74) is -0.743. The van der Waals surface area contributed by atoms with Crippen LogP contribution in [0.1, 0.15) is 0 Å². The summed E-state index contributed by atoms with van der Waals surface area (Å²) in [7, 11) is 0. The summed E-state index contributed by atoms with van der Waals surface area (Å²) < 4.78 is 32.7. The maximum atomic E-state index is 6.39. The van der Waals surface area contributed by atoms with Gasteiger partial charge in [-0.3, -0.25) is 0 Å². The summed E-state index contributed by atoms with van der Waals surface area (Å²) in [4.78, 5) is 0. The Morgan fingerprint density at radius 2 is 0.488 bits per heavy atom. The van der Waals surface area contributed by atoms with Crippen molar-refractivity contribution in [2.75, 3.05) is 26.4 Å². The van der Waals surface area contributed by atoms with Gasteiger partial charge in [0.25, 0.3) is 0 Å². The lowest BCUT2D eigenvalue weighted by Crippen LogP contribution is -2.45. The highest BCUT2D eigenvalue weighted by atomic mass is 79.9. The van der Waals surface area contributed by atoms with E-state index in [0.717, 1.165) is 35.8 Å². The van der Waals surface area contributed by atoms with Crippen molar-refractivity contribution in [1.82, 2.24) is 0 Å². The van der Waals surface area contributed by atoms with Crippen molar-refractivity contribution in [3.8, 4) is 23.0 Å². The van der Waals surface area contributed by atoms with Gasteiger partial charge in [0.1, 0.15) is 54.8 Å². The Labute approximate surface area is 306 Å². The Morgan fingerprint density at radius 3 is 0.659 bits per heavy atom. The normalized spacial score (nSPS) is 11.3. The lowest BCUT2D eigenvalue weighted by Gasteiger charge is -2.33. The molecular weight excluding hydrogens is 1050 g/mol. The molecular formula is C29H20Br8O4. The van der Waals surface area contributed by atoms with Crippen LogP contribution >= 0.6 is 127 Å². The number of ether oxygens (including phenoxy) is 4. The lowest BCUT2D eigenvalue weighted by atomic mass is 9.92. The van der Waals surface area contributed by atoms with Crippen molar-refractivity contribution in [3.63, 3.8) is 0 Å². The third-order valence-corrected chi connectivity index (χ3v) is 9.19. The van der Waals surface area contributed by atoms with Gasteiger partial charge in [-0.1, -0.05) is 127 Å². The zero-order chi connectivity index (χ0) is 29.6. The second-order valence-corrected chi connectivity index (χ2v) is 16.4. The highest BCUT2D eigenvalue weighted by Crippen LogP contribution is 2.33. The van der Waals surface area contributed by atoms with Gasteiger partial charge in [-0.2, -0.15) is 0 Å². The van der Waals surface area contributed by atoms with Crippen LogP contribution in [0.5, 0.6) is 23.0 Å². The van der Waals surface area contributed by atoms with Crippen molar-refractivity contribution in [3.05, 3.63) is 109 Å². The van der Waals surface area contributed by atoms with E-state index >= 15 is 0 Å². The molecule has 216 valence electrons. The van der Waals surface area contributed by atoms with Crippen LogP contribution in [0, 0.1) is 5.41 Å². The molecule has 0 aromatic heterocycles. The van der Waals surface area contributed by atoms with E-state index in [1.54, 1.807) is 0 Å². The summed E-state index contributed by atoms with van der Waals surface area (Å²) >= 11 is 28.4. The maximum absolute atomic E-state index is 6.39. The Balaban J connectivity index is 1.67. The molecule has 0 saturated heterocycles. The average Bonchev–Trinajstić information content (AvgIpc) is 2.86. The highest BCUT2D eigenvalue weighted by molar-refractivity contribution is 9.12. The molecule has 41 heavy (non-hydrogen) atoms. The molecule has 0 fully saturated rings. The van der Waals surface area contributed by atoms with E-state index in [-0.39, 0.29) is 26.4 Å². The van der Waals surface area contributed by atoms with E-state index in [4.69, 9.17) is 18.9 Å². The van der Waals surface area contributed by atoms with Gasteiger partial charge >= 0.3 is 0 Å². The van der Waals surface area contributed by atoms with Crippen LogP contribution in [0.2, 0.25) is 0 Å². The fourth-order valence-electron chi connectivity index (χ4n) is 3.64. The monoisotopic (exact) mass is 1060 g/mol. The molecule has 0 radical (unpaired) electrons. The molecule has 4 rings (SSSR count). The summed E-state index contributed by atoms with van der Waals surface area (Å²) in [6.07, 6.45) is 0. The molecule has 0 aliphatic carbocycles. The van der Waals surface area contributed by atoms with Crippen LogP contribution in [-0.2, 0) is 0 Å². The van der Waals surface area contributed by atoms with Crippen molar-refractivity contribution < 1.29 is 18.9 Å². The molecule has 0 aliphatic rings. The summed E-state index contributed by atoms with van der Waals surface area (Å²) in [6.45, 7) is 0.982. The first kappa shape index (κ1) is 33.8. The van der Waals surface area contributed by atoms with Crippen LogP contribution in [0.25, 0.3) is 0 Å². The minimum atomic E-state index is -0.743. The van der Waals surface area contributed by atoms with Crippen LogP contribution in [-0.4, -0.2) is 26.4 Å². The number of hydrogen-bond acceptors (Lipinski definition) is 4. The van der Waals surface area contributed by atoms with Gasteiger partial charge in [0, 0.05) is 35.8 Å². The standard InChI is InChI=1S/C29H20Br8O4/c30-17-1-18(31)6-25(5-17)38-13-29(14-39-26-7-19(32)2-20(33)8-26,15-40-27-9-21(34)3-22(35)10-27)16-41-28-11-23(36)4-24(37)12-28/h1-12H,13-16H2. The van der Waals surface area contributed by atoms with E-state index in [1.165, 1.54) is 0 Å². The second kappa shape index (κ2) is 15.8. The molecule has 4 aromatic rings. The van der Waals surface area contributed by atoms with E-state index in [9.17, 15) is 0 Å². The maximum Gasteiger partial charge on any atom is 0.121 e. The van der Waals surface area contributed by atoms with Gasteiger partial charge < -0.3 is 18.9 Å². The molecule has 0 saturated carbocycles. The van der Waals surface area contributed by atoms with Crippen molar-refractivity contribution in [1.29, 1.82) is 0 Å². The molecule has 0 heterocycles. The smallest absolute Gasteiger partial charge is 0.121 e. The van der Waals surface area contributed by atoms with Gasteiger partial charge in [0.2, 0.25) is 0 Å². The van der Waals surface area contributed by atoms with E-state index in [1.807, 2.05) is 72.8 Å². The van der Waals surface area contributed by atoms with E-state index < -0.39 is 5.41 Å². The lowest BCUT2D eigenvalue weighted by molar-refractivity contribution is -0.00362. The molecule has 4 nitrogen and oxygen atoms in total. The first-order chi connectivity index (χ1) is 19.5. The number of halogens is 8. The molecule has 0 aliphatic heterocycles. The summed E-state index contributed by atoms with van der Waals surface area (Å²) in [5, 5.41) is 0. The molecule has 0 bridgehead atoms. The first-order valence-electron chi connectivity index (χ1n) is 11.8. The van der Waals surface area contributed by atoms with Crippen molar-refractivity contribution in [2.45, 2.75) is 0 Å². The highest BCUT2D eigenvalue weighted by Gasteiger charge is 2.36. The van der Waals surface area contributed by atoms with Gasteiger partial charge in [-0.15, -0.1) is 0 Å². The topological polar surface area (TPSA) is 36.9 Å². The fraction of sp³-hybridized carbons (Fsp3) is 0.172. The molecule has 0 unspecified atom stereocenters. The van der Waals surface area contributed by atoms with E-state index in [2.05, 4.69) is 127 Å². The van der Waals surface area contributed by atoms with Crippen LogP contribution in [0.15, 0.2) is 109 Å². The van der Waals surface area contributed by atoms with Crippen LogP contribution in [0.4, 0.5) is 0 Å². The number of rotatable bonds is 12. The molecule has 0 spiro atoms. The molecule has 0 amide bonds. The quantitative estimate of drug-likeness (QED) is 0.142. The third-order valence-electron chi connectivity index (χ3n) is 5.52. The third kappa shape index (κ3) is 11.1. The Hall–Kier alpha value is -0.0800. The Morgan fingerprint density at radius 1 is 0.317 bits per heavy atom. The number of benzene rings is 4. The minimum absolute atomic E-state index is 0.245. The summed E-state index contributed by atoms with van der Waals surface area (Å²) in [6, 6.07) is 23.2. The zero-order valence-corrected chi connectivity index (χ0v) is 33.6. The van der Waals surface area contributed by atoms with Gasteiger partial charge in [0.15, 0.2) is 0 Å². The first-order valence-corrected chi connectivity index (χ1v) is 18.2. The largest absolute Gasteiger partial charge is 0.493 e. The zero-order valence-electron chi connectivity index (χ0n) is 20.9. The van der Waals surface area contributed by atoms with Gasteiger partial charge in [-0.25, -0.2) is 0 Å². The Kier molecular flexibility index (Phi) is 13.0. The molecule has 12 heteroatoms. The Bertz CT molecular complexity index is 1210. The molecule has 0 N–H and O–H groups in total. The number of hydrogen-bond donors (Lipinski definition) is 0. The minimum Gasteiger partial charge on any atom is -0.493 e. The summed E-state index contributed by atoms with van der Waals surface area (Å²) in [5.74, 6) is 2.76. The van der Waals surface area contributed by atoms with Crippen molar-refractivity contribution >= 4 is 127 Å². The van der Waals surface area contributed by atoms with Crippen LogP contribution in [0.3, 0.4) is 0 Å². The van der Waals surface area contributed by atoms with Gasteiger partial charge in [0.05, 0.1) is 0 Å². The van der Waals surface area contributed by atoms with Gasteiger partial charge in [-0.05, 0) is 72.8 Å². The second-order valence-electron chi connectivity index (χ2n) is 9.08. The fourth-order valence-corrected chi connectivity index (χ4v) is 8.65. The predicted octanol–water partition coefficient (Wildman–Crippen LogP) is 12.4. The molecule has 0 atom stereocenters. The SMILES string of the molecule is Brc1cc(Br)cc(OCC(COc2cc(Br)cc(Br)c2)(COc2cc(Br)cc(Br)c2)COc2cc(Br)cc(Br)c2)c1. The molecule has 4 aromatic carbocycles.